The molecule has 0 heterocycles. The molecule has 0 aromatic heterocycles. The van der Waals surface area contributed by atoms with Crippen LogP contribution in [0.3, 0.4) is 0 Å². The fourth-order valence-corrected chi connectivity index (χ4v) is 1.76. The SMILES string of the molecule is CCc1ccc(C(=O)CNC(CS)C(=O)O)cc1. The third kappa shape index (κ3) is 4.16. The van der Waals surface area contributed by atoms with Gasteiger partial charge in [-0.2, -0.15) is 12.6 Å². The van der Waals surface area contributed by atoms with E-state index in [4.69, 9.17) is 5.11 Å². The van der Waals surface area contributed by atoms with E-state index in [1.54, 1.807) is 12.1 Å². The molecule has 1 atom stereocenters. The summed E-state index contributed by atoms with van der Waals surface area (Å²) in [5, 5.41) is 11.5. The second kappa shape index (κ2) is 7.18. The van der Waals surface area contributed by atoms with Crippen LogP contribution in [0, 0.1) is 0 Å². The van der Waals surface area contributed by atoms with Crippen molar-refractivity contribution in [2.75, 3.05) is 12.3 Å². The number of aliphatic carboxylic acids is 1. The third-order valence-electron chi connectivity index (χ3n) is 2.67. The quantitative estimate of drug-likeness (QED) is 0.516. The Morgan fingerprint density at radius 2 is 1.94 bits per heavy atom. The van der Waals surface area contributed by atoms with Gasteiger partial charge in [0.1, 0.15) is 6.04 Å². The average Bonchev–Trinajstić information content (AvgIpc) is 2.39. The Balaban J connectivity index is 2.56. The summed E-state index contributed by atoms with van der Waals surface area (Å²) in [6.07, 6.45) is 0.924. The topological polar surface area (TPSA) is 66.4 Å². The Labute approximate surface area is 112 Å². The number of ketones is 1. The maximum Gasteiger partial charge on any atom is 0.321 e. The Bertz CT molecular complexity index is 417. The number of aryl methyl sites for hydroxylation is 1. The normalized spacial score (nSPS) is 12.1. The van der Waals surface area contributed by atoms with Gasteiger partial charge in [-0.1, -0.05) is 31.2 Å². The summed E-state index contributed by atoms with van der Waals surface area (Å²) in [5.74, 6) is -0.970. The highest BCUT2D eigenvalue weighted by Gasteiger charge is 2.16. The van der Waals surface area contributed by atoms with Crippen LogP contribution in [-0.4, -0.2) is 35.2 Å². The number of hydrogen-bond acceptors (Lipinski definition) is 4. The van der Waals surface area contributed by atoms with Crippen LogP contribution in [0.25, 0.3) is 0 Å². The highest BCUT2D eigenvalue weighted by Crippen LogP contribution is 2.05. The molecule has 1 rings (SSSR count). The zero-order valence-electron chi connectivity index (χ0n) is 10.2. The molecule has 0 aliphatic heterocycles. The van der Waals surface area contributed by atoms with Crippen LogP contribution in [0.4, 0.5) is 0 Å². The minimum absolute atomic E-state index is 0.00297. The first-order chi connectivity index (χ1) is 8.58. The highest BCUT2D eigenvalue weighted by molar-refractivity contribution is 7.80. The van der Waals surface area contributed by atoms with Gasteiger partial charge in [0.15, 0.2) is 5.78 Å². The van der Waals surface area contributed by atoms with E-state index in [1.807, 2.05) is 19.1 Å². The van der Waals surface area contributed by atoms with E-state index in [1.165, 1.54) is 5.56 Å². The second-order valence-corrected chi connectivity index (χ2v) is 4.29. The largest absolute Gasteiger partial charge is 0.480 e. The van der Waals surface area contributed by atoms with Crippen LogP contribution in [0.5, 0.6) is 0 Å². The molecule has 1 aromatic carbocycles. The van der Waals surface area contributed by atoms with Crippen LogP contribution in [0.1, 0.15) is 22.8 Å². The number of thiol groups is 1. The number of hydrogen-bond donors (Lipinski definition) is 3. The molecule has 0 bridgehead atoms. The summed E-state index contributed by atoms with van der Waals surface area (Å²) >= 11 is 3.92. The van der Waals surface area contributed by atoms with Crippen LogP contribution < -0.4 is 5.32 Å². The smallest absolute Gasteiger partial charge is 0.321 e. The number of benzene rings is 1. The third-order valence-corrected chi connectivity index (χ3v) is 3.04. The zero-order chi connectivity index (χ0) is 13.5. The molecule has 98 valence electrons. The molecule has 0 fully saturated rings. The highest BCUT2D eigenvalue weighted by atomic mass is 32.1. The summed E-state index contributed by atoms with van der Waals surface area (Å²) in [6, 6.07) is 6.53. The number of Topliss-reactive ketones (excluding diaryl/α,β-unsaturated/α-hetero) is 1. The molecule has 1 unspecified atom stereocenters. The number of carbonyl (C=O) groups excluding carboxylic acids is 1. The Kier molecular flexibility index (Phi) is 5.88. The Morgan fingerprint density at radius 1 is 1.33 bits per heavy atom. The molecule has 0 saturated heterocycles. The van der Waals surface area contributed by atoms with Gasteiger partial charge in [-0.25, -0.2) is 0 Å². The minimum Gasteiger partial charge on any atom is -0.480 e. The van der Waals surface area contributed by atoms with Gasteiger partial charge in [0.2, 0.25) is 0 Å². The van der Waals surface area contributed by atoms with Gasteiger partial charge >= 0.3 is 5.97 Å². The van der Waals surface area contributed by atoms with Crippen LogP contribution in [0.2, 0.25) is 0 Å². The monoisotopic (exact) mass is 267 g/mol. The minimum atomic E-state index is -1.00. The predicted molar refractivity (Wildman–Crippen MR) is 73.4 cm³/mol. The van der Waals surface area contributed by atoms with Gasteiger partial charge < -0.3 is 5.11 Å². The number of carboxylic acids is 1. The lowest BCUT2D eigenvalue weighted by molar-refractivity contribution is -0.138. The lowest BCUT2D eigenvalue weighted by Crippen LogP contribution is -2.41. The van der Waals surface area contributed by atoms with E-state index >= 15 is 0 Å². The molecule has 0 aliphatic carbocycles. The lowest BCUT2D eigenvalue weighted by Gasteiger charge is -2.11. The van der Waals surface area contributed by atoms with Gasteiger partial charge in [0.25, 0.3) is 0 Å². The van der Waals surface area contributed by atoms with Crippen molar-refractivity contribution < 1.29 is 14.7 Å². The Hall–Kier alpha value is -1.33. The van der Waals surface area contributed by atoms with Gasteiger partial charge in [0, 0.05) is 11.3 Å². The Morgan fingerprint density at radius 3 is 2.39 bits per heavy atom. The number of carbonyl (C=O) groups is 2. The van der Waals surface area contributed by atoms with E-state index < -0.39 is 12.0 Å². The maximum absolute atomic E-state index is 11.8. The van der Waals surface area contributed by atoms with E-state index in [-0.39, 0.29) is 18.1 Å². The van der Waals surface area contributed by atoms with Gasteiger partial charge in [-0.3, -0.25) is 14.9 Å². The molecule has 0 aliphatic rings. The van der Waals surface area contributed by atoms with Gasteiger partial charge in [-0.15, -0.1) is 0 Å². The molecular weight excluding hydrogens is 250 g/mol. The fourth-order valence-electron chi connectivity index (χ4n) is 1.47. The van der Waals surface area contributed by atoms with Crippen molar-refractivity contribution in [2.24, 2.45) is 0 Å². The van der Waals surface area contributed by atoms with Crippen LogP contribution >= 0.6 is 12.6 Å². The molecular formula is C13H17NO3S. The first kappa shape index (κ1) is 14.7. The average molecular weight is 267 g/mol. The fraction of sp³-hybridized carbons (Fsp3) is 0.385. The molecule has 2 N–H and O–H groups in total. The van der Waals surface area contributed by atoms with Crippen molar-refractivity contribution in [3.63, 3.8) is 0 Å². The van der Waals surface area contributed by atoms with Gasteiger partial charge in [0.05, 0.1) is 6.54 Å². The van der Waals surface area contributed by atoms with Crippen molar-refractivity contribution in [3.8, 4) is 0 Å². The zero-order valence-corrected chi connectivity index (χ0v) is 11.1. The first-order valence-electron chi connectivity index (χ1n) is 5.77. The summed E-state index contributed by atoms with van der Waals surface area (Å²) in [4.78, 5) is 22.5. The molecule has 0 amide bonds. The van der Waals surface area contributed by atoms with Crippen molar-refractivity contribution in [2.45, 2.75) is 19.4 Å². The van der Waals surface area contributed by atoms with E-state index in [0.717, 1.165) is 6.42 Å². The summed E-state index contributed by atoms with van der Waals surface area (Å²) < 4.78 is 0. The van der Waals surface area contributed by atoms with Crippen molar-refractivity contribution in [3.05, 3.63) is 35.4 Å². The van der Waals surface area contributed by atoms with Crippen molar-refractivity contribution in [1.82, 2.24) is 5.32 Å². The second-order valence-electron chi connectivity index (χ2n) is 3.93. The summed E-state index contributed by atoms with van der Waals surface area (Å²) in [7, 11) is 0. The van der Waals surface area contributed by atoms with E-state index in [0.29, 0.717) is 5.56 Å². The maximum atomic E-state index is 11.8. The predicted octanol–water partition coefficient (Wildman–Crippen LogP) is 1.40. The molecule has 0 saturated carbocycles. The van der Waals surface area contributed by atoms with Crippen molar-refractivity contribution in [1.29, 1.82) is 0 Å². The lowest BCUT2D eigenvalue weighted by atomic mass is 10.1. The summed E-state index contributed by atoms with van der Waals surface area (Å²) in [6.45, 7) is 2.05. The van der Waals surface area contributed by atoms with Crippen molar-refractivity contribution >= 4 is 24.4 Å². The number of carboxylic acid groups (broad SMARTS) is 1. The molecule has 0 spiro atoms. The first-order valence-corrected chi connectivity index (χ1v) is 6.41. The van der Waals surface area contributed by atoms with E-state index in [9.17, 15) is 9.59 Å². The van der Waals surface area contributed by atoms with Crippen LogP contribution in [-0.2, 0) is 11.2 Å². The van der Waals surface area contributed by atoms with Crippen LogP contribution in [0.15, 0.2) is 24.3 Å². The summed E-state index contributed by atoms with van der Waals surface area (Å²) in [5.41, 5.74) is 1.75. The molecule has 1 aromatic rings. The van der Waals surface area contributed by atoms with Gasteiger partial charge in [-0.05, 0) is 12.0 Å². The standard InChI is InChI=1S/C13H17NO3S/c1-2-9-3-5-10(6-4-9)12(15)7-14-11(8-18)13(16)17/h3-6,11,14,18H,2,7-8H2,1H3,(H,16,17). The number of nitrogens with one attached hydrogen (secondary N) is 1. The molecule has 18 heavy (non-hydrogen) atoms. The molecule has 5 heteroatoms. The van der Waals surface area contributed by atoms with E-state index in [2.05, 4.69) is 17.9 Å². The number of rotatable bonds is 7. The molecule has 4 nitrogen and oxygen atoms in total. The molecule has 0 radical (unpaired) electrons.